The van der Waals surface area contributed by atoms with Crippen molar-refractivity contribution in [3.8, 4) is 5.75 Å². The summed E-state index contributed by atoms with van der Waals surface area (Å²) < 4.78 is 5.91. The Hall–Kier alpha value is -2.41. The van der Waals surface area contributed by atoms with Gasteiger partial charge in [0, 0.05) is 24.6 Å². The highest BCUT2D eigenvalue weighted by atomic mass is 16.5. The van der Waals surface area contributed by atoms with Crippen LogP contribution in [0.15, 0.2) is 18.2 Å². The summed E-state index contributed by atoms with van der Waals surface area (Å²) in [6.07, 6.45) is 4.20. The van der Waals surface area contributed by atoms with Crippen LogP contribution in [-0.4, -0.2) is 47.9 Å². The smallest absolute Gasteiger partial charge is 0.255 e. The third-order valence-electron chi connectivity index (χ3n) is 5.36. The number of fused-ring (bicyclic) bond motifs is 1. The third-order valence-corrected chi connectivity index (χ3v) is 5.36. The van der Waals surface area contributed by atoms with Gasteiger partial charge in [-0.1, -0.05) is 6.42 Å². The minimum Gasteiger partial charge on any atom is -0.492 e. The van der Waals surface area contributed by atoms with Crippen molar-refractivity contribution in [2.75, 3.05) is 13.2 Å². The molecule has 0 spiro atoms. The summed E-state index contributed by atoms with van der Waals surface area (Å²) in [5.74, 6) is -0.0753. The fraction of sp³-hybridized carbons (Fsp3) is 0.526. The summed E-state index contributed by atoms with van der Waals surface area (Å²) in [6, 6.07) is 5.27. The van der Waals surface area contributed by atoms with Gasteiger partial charge in [-0.15, -0.1) is 0 Å². The van der Waals surface area contributed by atoms with Crippen LogP contribution in [0.5, 0.6) is 5.75 Å². The second kappa shape index (κ2) is 7.07. The van der Waals surface area contributed by atoms with Gasteiger partial charge < -0.3 is 15.0 Å². The first-order valence-corrected chi connectivity index (χ1v) is 9.25. The Bertz CT molecular complexity index is 742. The zero-order valence-corrected chi connectivity index (χ0v) is 14.6. The van der Waals surface area contributed by atoms with Crippen molar-refractivity contribution >= 4 is 17.7 Å². The average molecular weight is 357 g/mol. The standard InChI is InChI=1S/C19H23N3O4/c23-17-7-6-16(18(24)21-17)22-10-12-9-14(4-5-15(12)19(22)25)26-11-13-3-1-2-8-20-13/h4-5,9,13,16,20H,1-3,6-8,10-11H2,(H,21,23,24)/t13-,16?/m0/s1. The molecule has 1 unspecified atom stereocenters. The molecular formula is C19H23N3O4. The zero-order chi connectivity index (χ0) is 18.1. The van der Waals surface area contributed by atoms with E-state index >= 15 is 0 Å². The van der Waals surface area contributed by atoms with E-state index in [4.69, 9.17) is 4.74 Å². The molecule has 3 heterocycles. The molecule has 0 aliphatic carbocycles. The fourth-order valence-corrected chi connectivity index (χ4v) is 3.90. The molecule has 26 heavy (non-hydrogen) atoms. The molecule has 3 amide bonds. The Labute approximate surface area is 152 Å². The van der Waals surface area contributed by atoms with E-state index in [1.54, 1.807) is 11.0 Å². The van der Waals surface area contributed by atoms with Gasteiger partial charge in [0.1, 0.15) is 18.4 Å². The third kappa shape index (κ3) is 3.31. The fourth-order valence-electron chi connectivity index (χ4n) is 3.90. The molecule has 138 valence electrons. The van der Waals surface area contributed by atoms with Crippen LogP contribution in [0.1, 0.15) is 48.0 Å². The normalized spacial score (nSPS) is 25.8. The predicted octanol–water partition coefficient (Wildman–Crippen LogP) is 0.968. The molecule has 4 rings (SSSR count). The monoisotopic (exact) mass is 357 g/mol. The molecule has 2 fully saturated rings. The molecule has 0 saturated carbocycles. The Morgan fingerprint density at radius 3 is 2.81 bits per heavy atom. The highest BCUT2D eigenvalue weighted by molar-refractivity contribution is 6.05. The quantitative estimate of drug-likeness (QED) is 0.784. The number of nitrogens with one attached hydrogen (secondary N) is 2. The van der Waals surface area contributed by atoms with Crippen molar-refractivity contribution in [2.45, 2.75) is 50.7 Å². The number of amides is 3. The van der Waals surface area contributed by atoms with Gasteiger partial charge in [-0.25, -0.2) is 0 Å². The molecule has 2 atom stereocenters. The van der Waals surface area contributed by atoms with E-state index in [1.807, 2.05) is 12.1 Å². The Kier molecular flexibility index (Phi) is 4.63. The predicted molar refractivity (Wildman–Crippen MR) is 93.6 cm³/mol. The van der Waals surface area contributed by atoms with Gasteiger partial charge in [-0.3, -0.25) is 19.7 Å². The van der Waals surface area contributed by atoms with Crippen LogP contribution in [-0.2, 0) is 16.1 Å². The highest BCUT2D eigenvalue weighted by Crippen LogP contribution is 2.30. The molecule has 7 heteroatoms. The number of nitrogens with zero attached hydrogens (tertiary/aromatic N) is 1. The van der Waals surface area contributed by atoms with E-state index in [1.165, 1.54) is 12.8 Å². The Morgan fingerprint density at radius 2 is 2.04 bits per heavy atom. The average Bonchev–Trinajstić information content (AvgIpc) is 2.97. The number of piperidine rings is 2. The van der Waals surface area contributed by atoms with Gasteiger partial charge in [0.25, 0.3) is 5.91 Å². The summed E-state index contributed by atoms with van der Waals surface area (Å²) in [5, 5.41) is 5.77. The van der Waals surface area contributed by atoms with E-state index in [0.29, 0.717) is 31.2 Å². The first-order chi connectivity index (χ1) is 12.6. The maximum Gasteiger partial charge on any atom is 0.255 e. The lowest BCUT2D eigenvalue weighted by Gasteiger charge is -2.29. The van der Waals surface area contributed by atoms with Crippen molar-refractivity contribution in [2.24, 2.45) is 0 Å². The van der Waals surface area contributed by atoms with Crippen LogP contribution in [0.25, 0.3) is 0 Å². The van der Waals surface area contributed by atoms with Gasteiger partial charge in [-0.2, -0.15) is 0 Å². The van der Waals surface area contributed by atoms with E-state index in [-0.39, 0.29) is 24.1 Å². The van der Waals surface area contributed by atoms with Crippen LogP contribution in [0.3, 0.4) is 0 Å². The minimum atomic E-state index is -0.580. The lowest BCUT2D eigenvalue weighted by Crippen LogP contribution is -2.52. The molecular weight excluding hydrogens is 334 g/mol. The van der Waals surface area contributed by atoms with Crippen LogP contribution in [0.2, 0.25) is 0 Å². The maximum absolute atomic E-state index is 12.6. The number of benzene rings is 1. The number of hydrogen-bond acceptors (Lipinski definition) is 5. The van der Waals surface area contributed by atoms with Crippen molar-refractivity contribution < 1.29 is 19.1 Å². The molecule has 2 saturated heterocycles. The number of rotatable bonds is 4. The molecule has 3 aliphatic rings. The molecule has 7 nitrogen and oxygen atoms in total. The number of hydrogen-bond donors (Lipinski definition) is 2. The molecule has 1 aromatic carbocycles. The summed E-state index contributed by atoms with van der Waals surface area (Å²) >= 11 is 0. The second-order valence-electron chi connectivity index (χ2n) is 7.18. The van der Waals surface area contributed by atoms with E-state index < -0.39 is 6.04 Å². The van der Waals surface area contributed by atoms with Crippen molar-refractivity contribution in [1.82, 2.24) is 15.5 Å². The van der Waals surface area contributed by atoms with Crippen LogP contribution < -0.4 is 15.4 Å². The number of carbonyl (C=O) groups excluding carboxylic acids is 3. The van der Waals surface area contributed by atoms with Crippen molar-refractivity contribution in [3.05, 3.63) is 29.3 Å². The molecule has 0 bridgehead atoms. The molecule has 0 radical (unpaired) electrons. The first kappa shape index (κ1) is 17.0. The molecule has 3 aliphatic heterocycles. The Morgan fingerprint density at radius 1 is 1.15 bits per heavy atom. The van der Waals surface area contributed by atoms with E-state index in [2.05, 4.69) is 10.6 Å². The zero-order valence-electron chi connectivity index (χ0n) is 14.6. The SMILES string of the molecule is O=C1CCC(N2Cc3cc(OC[C@@H]4CCCCN4)ccc3C2=O)C(=O)N1. The second-order valence-corrected chi connectivity index (χ2v) is 7.18. The summed E-state index contributed by atoms with van der Waals surface area (Å²) in [6.45, 7) is 2.02. The van der Waals surface area contributed by atoms with Crippen molar-refractivity contribution in [3.63, 3.8) is 0 Å². The molecule has 0 aromatic heterocycles. The van der Waals surface area contributed by atoms with E-state index in [0.717, 1.165) is 24.3 Å². The van der Waals surface area contributed by atoms with Crippen LogP contribution in [0.4, 0.5) is 0 Å². The van der Waals surface area contributed by atoms with Gasteiger partial charge in [0.05, 0.1) is 0 Å². The van der Waals surface area contributed by atoms with Crippen molar-refractivity contribution in [1.29, 1.82) is 0 Å². The number of imide groups is 1. The maximum atomic E-state index is 12.6. The summed E-state index contributed by atoms with van der Waals surface area (Å²) in [5.41, 5.74) is 1.48. The largest absolute Gasteiger partial charge is 0.492 e. The lowest BCUT2D eigenvalue weighted by atomic mass is 10.0. The van der Waals surface area contributed by atoms with Gasteiger partial charge >= 0.3 is 0 Å². The summed E-state index contributed by atoms with van der Waals surface area (Å²) in [4.78, 5) is 37.6. The number of carbonyl (C=O) groups is 3. The minimum absolute atomic E-state index is 0.157. The molecule has 2 N–H and O–H groups in total. The van der Waals surface area contributed by atoms with Gasteiger partial charge in [-0.05, 0) is 49.6 Å². The van der Waals surface area contributed by atoms with Gasteiger partial charge in [0.15, 0.2) is 0 Å². The van der Waals surface area contributed by atoms with Gasteiger partial charge in [0.2, 0.25) is 11.8 Å². The molecule has 1 aromatic rings. The summed E-state index contributed by atoms with van der Waals surface area (Å²) in [7, 11) is 0. The van der Waals surface area contributed by atoms with Crippen LogP contribution >= 0.6 is 0 Å². The first-order valence-electron chi connectivity index (χ1n) is 9.25. The topological polar surface area (TPSA) is 87.7 Å². The van der Waals surface area contributed by atoms with Crippen LogP contribution in [0, 0.1) is 0 Å². The highest BCUT2D eigenvalue weighted by Gasteiger charge is 2.39. The van der Waals surface area contributed by atoms with E-state index in [9.17, 15) is 14.4 Å². The lowest BCUT2D eigenvalue weighted by molar-refractivity contribution is -0.136. The Balaban J connectivity index is 1.43. The number of ether oxygens (including phenoxy) is 1.